The van der Waals surface area contributed by atoms with Crippen molar-refractivity contribution in [2.45, 2.75) is 6.92 Å². The Morgan fingerprint density at radius 2 is 1.76 bits per heavy atom. The molecule has 5 heteroatoms. The lowest BCUT2D eigenvalue weighted by atomic mass is 10.2. The van der Waals surface area contributed by atoms with Crippen molar-refractivity contribution in [2.75, 3.05) is 26.0 Å². The zero-order valence-electron chi connectivity index (χ0n) is 14.9. The molecule has 0 aromatic heterocycles. The number of aryl methyl sites for hydroxylation is 1. The van der Waals surface area contributed by atoms with E-state index in [9.17, 15) is 4.79 Å². The highest BCUT2D eigenvalue weighted by Gasteiger charge is 2.30. The van der Waals surface area contributed by atoms with Crippen LogP contribution in [0.5, 0.6) is 0 Å². The number of thioether (sulfide) groups is 1. The number of aliphatic imine (C=N–C) groups is 1. The second-order valence-electron chi connectivity index (χ2n) is 6.14. The van der Waals surface area contributed by atoms with E-state index in [0.717, 1.165) is 22.5 Å². The third-order valence-electron chi connectivity index (χ3n) is 4.04. The molecule has 25 heavy (non-hydrogen) atoms. The van der Waals surface area contributed by atoms with Crippen LogP contribution in [0, 0.1) is 6.92 Å². The van der Waals surface area contributed by atoms with Crippen molar-refractivity contribution in [1.82, 2.24) is 4.90 Å². The van der Waals surface area contributed by atoms with Crippen molar-refractivity contribution in [2.24, 2.45) is 4.99 Å². The van der Waals surface area contributed by atoms with Crippen molar-refractivity contribution in [3.63, 3.8) is 0 Å². The molecule has 2 aromatic carbocycles. The van der Waals surface area contributed by atoms with Gasteiger partial charge in [0.05, 0.1) is 10.6 Å². The quantitative estimate of drug-likeness (QED) is 0.774. The molecule has 1 amide bonds. The molecule has 1 aliphatic heterocycles. The molecule has 0 atom stereocenters. The van der Waals surface area contributed by atoms with Crippen LogP contribution >= 0.6 is 11.8 Å². The number of benzene rings is 2. The summed E-state index contributed by atoms with van der Waals surface area (Å²) < 4.78 is 0. The first-order chi connectivity index (χ1) is 12.0. The smallest absolute Gasteiger partial charge is 0.266 e. The minimum Gasteiger partial charge on any atom is -0.378 e. The Kier molecular flexibility index (Phi) is 4.95. The number of hydrogen-bond donors (Lipinski definition) is 0. The maximum absolute atomic E-state index is 12.5. The summed E-state index contributed by atoms with van der Waals surface area (Å²) in [7, 11) is 5.78. The van der Waals surface area contributed by atoms with Gasteiger partial charge < -0.3 is 4.90 Å². The lowest BCUT2D eigenvalue weighted by Crippen LogP contribution is -2.23. The van der Waals surface area contributed by atoms with Crippen LogP contribution in [0.3, 0.4) is 0 Å². The standard InChI is InChI=1S/C20H21N3OS/c1-14-7-5-6-8-17(14)21-20-23(4)19(24)18(25-20)13-15-9-11-16(12-10-15)22(2)3/h5-13H,1-4H3/b18-13+,21-20?. The van der Waals surface area contributed by atoms with Gasteiger partial charge in [-0.25, -0.2) is 4.99 Å². The Bertz CT molecular complexity index is 853. The van der Waals surface area contributed by atoms with E-state index in [2.05, 4.69) is 4.99 Å². The number of amides is 1. The van der Waals surface area contributed by atoms with Crippen LogP contribution in [0.25, 0.3) is 6.08 Å². The van der Waals surface area contributed by atoms with Gasteiger partial charge in [0.25, 0.3) is 5.91 Å². The van der Waals surface area contributed by atoms with E-state index in [1.165, 1.54) is 11.8 Å². The number of carbonyl (C=O) groups is 1. The molecule has 1 saturated heterocycles. The summed E-state index contributed by atoms with van der Waals surface area (Å²) in [5.41, 5.74) is 4.12. The van der Waals surface area contributed by atoms with Crippen LogP contribution < -0.4 is 4.90 Å². The first-order valence-corrected chi connectivity index (χ1v) is 8.86. The monoisotopic (exact) mass is 351 g/mol. The highest BCUT2D eigenvalue weighted by Crippen LogP contribution is 2.33. The number of para-hydroxylation sites is 1. The predicted molar refractivity (Wildman–Crippen MR) is 107 cm³/mol. The van der Waals surface area contributed by atoms with Gasteiger partial charge in [-0.05, 0) is 54.1 Å². The summed E-state index contributed by atoms with van der Waals surface area (Å²) in [6.07, 6.45) is 1.92. The van der Waals surface area contributed by atoms with Crippen LogP contribution in [0.2, 0.25) is 0 Å². The zero-order valence-corrected chi connectivity index (χ0v) is 15.7. The molecule has 0 spiro atoms. The molecule has 1 aliphatic rings. The second-order valence-corrected chi connectivity index (χ2v) is 7.15. The highest BCUT2D eigenvalue weighted by molar-refractivity contribution is 8.18. The molecule has 1 fully saturated rings. The van der Waals surface area contributed by atoms with Gasteiger partial charge >= 0.3 is 0 Å². The van der Waals surface area contributed by atoms with Gasteiger partial charge in [0.1, 0.15) is 0 Å². The van der Waals surface area contributed by atoms with Gasteiger partial charge in [0.15, 0.2) is 5.17 Å². The molecule has 0 N–H and O–H groups in total. The second kappa shape index (κ2) is 7.15. The summed E-state index contributed by atoms with van der Waals surface area (Å²) in [5, 5.41) is 0.704. The number of likely N-dealkylation sites (N-methyl/N-ethyl adjacent to an activating group) is 1. The van der Waals surface area contributed by atoms with Crippen LogP contribution in [-0.2, 0) is 4.79 Å². The normalized spacial score (nSPS) is 17.6. The van der Waals surface area contributed by atoms with Gasteiger partial charge in [-0.1, -0.05) is 30.3 Å². The lowest BCUT2D eigenvalue weighted by molar-refractivity contribution is -0.121. The summed E-state index contributed by atoms with van der Waals surface area (Å²) in [6.45, 7) is 2.02. The average molecular weight is 351 g/mol. The molecular formula is C20H21N3OS. The number of anilines is 1. The molecule has 128 valence electrons. The van der Waals surface area contributed by atoms with Crippen LogP contribution in [-0.4, -0.2) is 37.1 Å². The zero-order chi connectivity index (χ0) is 18.0. The summed E-state index contributed by atoms with van der Waals surface area (Å²) >= 11 is 1.41. The number of rotatable bonds is 3. The fourth-order valence-corrected chi connectivity index (χ4v) is 3.44. The van der Waals surface area contributed by atoms with Crippen molar-refractivity contribution >= 4 is 40.3 Å². The molecule has 0 unspecified atom stereocenters. The SMILES string of the molecule is Cc1ccccc1N=C1S/C(=C/c2ccc(N(C)C)cc2)C(=O)N1C. The molecule has 3 rings (SSSR count). The Morgan fingerprint density at radius 3 is 2.40 bits per heavy atom. The summed E-state index contributed by atoms with van der Waals surface area (Å²) in [5.74, 6) is -0.0194. The third kappa shape index (κ3) is 3.77. The van der Waals surface area contributed by atoms with E-state index >= 15 is 0 Å². The number of hydrogen-bond acceptors (Lipinski definition) is 4. The molecular weight excluding hydrogens is 330 g/mol. The van der Waals surface area contributed by atoms with E-state index in [4.69, 9.17) is 0 Å². The maximum atomic E-state index is 12.5. The first-order valence-electron chi connectivity index (χ1n) is 8.05. The molecule has 2 aromatic rings. The Hall–Kier alpha value is -2.53. The van der Waals surface area contributed by atoms with Crippen LogP contribution in [0.4, 0.5) is 11.4 Å². The molecule has 0 bridgehead atoms. The minimum absolute atomic E-state index is 0.0194. The maximum Gasteiger partial charge on any atom is 0.266 e. The van der Waals surface area contributed by atoms with Crippen molar-refractivity contribution in [1.29, 1.82) is 0 Å². The Labute approximate surface area is 152 Å². The van der Waals surface area contributed by atoms with E-state index in [-0.39, 0.29) is 5.91 Å². The van der Waals surface area contributed by atoms with Gasteiger partial charge in [0.2, 0.25) is 0 Å². The first kappa shape index (κ1) is 17.3. The van der Waals surface area contributed by atoms with E-state index in [1.807, 2.05) is 80.5 Å². The Morgan fingerprint density at radius 1 is 1.08 bits per heavy atom. The van der Waals surface area contributed by atoms with E-state index in [1.54, 1.807) is 11.9 Å². The largest absolute Gasteiger partial charge is 0.378 e. The summed E-state index contributed by atoms with van der Waals surface area (Å²) in [4.78, 5) is 21.5. The molecule has 4 nitrogen and oxygen atoms in total. The molecule has 1 heterocycles. The minimum atomic E-state index is -0.0194. The van der Waals surface area contributed by atoms with Gasteiger partial charge in [-0.2, -0.15) is 0 Å². The van der Waals surface area contributed by atoms with Gasteiger partial charge in [0, 0.05) is 26.8 Å². The summed E-state index contributed by atoms with van der Waals surface area (Å²) in [6, 6.07) is 16.0. The van der Waals surface area contributed by atoms with Crippen molar-refractivity contribution in [3.05, 3.63) is 64.6 Å². The number of nitrogens with zero attached hydrogens (tertiary/aromatic N) is 3. The molecule has 0 aliphatic carbocycles. The van der Waals surface area contributed by atoms with Crippen LogP contribution in [0.15, 0.2) is 58.4 Å². The van der Waals surface area contributed by atoms with E-state index in [0.29, 0.717) is 10.1 Å². The van der Waals surface area contributed by atoms with E-state index < -0.39 is 0 Å². The predicted octanol–water partition coefficient (Wildman–Crippen LogP) is 4.29. The Balaban J connectivity index is 1.87. The van der Waals surface area contributed by atoms with Crippen LogP contribution in [0.1, 0.15) is 11.1 Å². The average Bonchev–Trinajstić information content (AvgIpc) is 2.85. The fourth-order valence-electron chi connectivity index (χ4n) is 2.46. The molecule has 0 radical (unpaired) electrons. The van der Waals surface area contributed by atoms with Gasteiger partial charge in [-0.3, -0.25) is 9.69 Å². The van der Waals surface area contributed by atoms with Crippen molar-refractivity contribution < 1.29 is 4.79 Å². The number of carbonyl (C=O) groups excluding carboxylic acids is 1. The van der Waals surface area contributed by atoms with Crippen molar-refractivity contribution in [3.8, 4) is 0 Å². The number of amidine groups is 1. The molecule has 0 saturated carbocycles. The third-order valence-corrected chi connectivity index (χ3v) is 5.10. The topological polar surface area (TPSA) is 35.9 Å². The highest BCUT2D eigenvalue weighted by atomic mass is 32.2. The lowest BCUT2D eigenvalue weighted by Gasteiger charge is -2.11. The fraction of sp³-hybridized carbons (Fsp3) is 0.200. The van der Waals surface area contributed by atoms with Gasteiger partial charge in [-0.15, -0.1) is 0 Å².